The molecule has 2 N–H and O–H groups in total. The van der Waals surface area contributed by atoms with Crippen LogP contribution in [0.3, 0.4) is 0 Å². The average Bonchev–Trinajstić information content (AvgIpc) is 2.77. The Morgan fingerprint density at radius 2 is 1.75 bits per heavy atom. The van der Waals surface area contributed by atoms with Gasteiger partial charge in [0.15, 0.2) is 0 Å². The summed E-state index contributed by atoms with van der Waals surface area (Å²) in [6, 6.07) is 10.1. The van der Waals surface area contributed by atoms with Crippen LogP contribution in [0, 0.1) is 0 Å². The number of halogens is 3. The molecule has 1 aliphatic rings. The standard InChI is InChI=1S/C22H26F3N3O3S/c1-15(2)17-5-9-19(10-6-17)32(30,31)28-12-11-26-14-20(28)21(29)27-13-16-3-7-18(8-4-16)22(23,24)25/h3-10,15,20,26H,11-14H2,1-2H3,(H,27,29). The van der Waals surface area contributed by atoms with E-state index in [1.165, 1.54) is 16.4 Å². The largest absolute Gasteiger partial charge is 0.416 e. The monoisotopic (exact) mass is 469 g/mol. The first-order valence-electron chi connectivity index (χ1n) is 10.3. The van der Waals surface area contributed by atoms with Crippen LogP contribution >= 0.6 is 0 Å². The molecule has 174 valence electrons. The van der Waals surface area contributed by atoms with Crippen molar-refractivity contribution in [2.45, 2.75) is 43.4 Å². The minimum atomic E-state index is -4.43. The average molecular weight is 470 g/mol. The van der Waals surface area contributed by atoms with Crippen LogP contribution in [0.5, 0.6) is 0 Å². The van der Waals surface area contributed by atoms with E-state index in [0.717, 1.165) is 17.7 Å². The summed E-state index contributed by atoms with van der Waals surface area (Å²) in [5.41, 5.74) is 0.716. The Morgan fingerprint density at radius 1 is 1.12 bits per heavy atom. The second kappa shape index (κ2) is 9.60. The van der Waals surface area contributed by atoms with Crippen molar-refractivity contribution in [1.82, 2.24) is 14.9 Å². The summed E-state index contributed by atoms with van der Waals surface area (Å²) >= 11 is 0. The van der Waals surface area contributed by atoms with Crippen molar-refractivity contribution in [1.29, 1.82) is 0 Å². The van der Waals surface area contributed by atoms with Crippen molar-refractivity contribution in [3.05, 3.63) is 65.2 Å². The molecular weight excluding hydrogens is 443 g/mol. The van der Waals surface area contributed by atoms with Crippen molar-refractivity contribution >= 4 is 15.9 Å². The molecule has 0 spiro atoms. The molecule has 0 bridgehead atoms. The SMILES string of the molecule is CC(C)c1ccc(S(=O)(=O)N2CCNCC2C(=O)NCc2ccc(C(F)(F)F)cc2)cc1. The van der Waals surface area contributed by atoms with Gasteiger partial charge in [0.25, 0.3) is 0 Å². The summed E-state index contributed by atoms with van der Waals surface area (Å²) in [6.45, 7) is 4.69. The predicted octanol–water partition coefficient (Wildman–Crippen LogP) is 3.11. The highest BCUT2D eigenvalue weighted by molar-refractivity contribution is 7.89. The topological polar surface area (TPSA) is 78.5 Å². The number of alkyl halides is 3. The Hall–Kier alpha value is -2.43. The first kappa shape index (κ1) is 24.2. The molecule has 1 amide bonds. The van der Waals surface area contributed by atoms with E-state index in [9.17, 15) is 26.4 Å². The molecule has 1 heterocycles. The Kier molecular flexibility index (Phi) is 7.26. The van der Waals surface area contributed by atoms with Crippen molar-refractivity contribution < 1.29 is 26.4 Å². The van der Waals surface area contributed by atoms with Crippen LogP contribution < -0.4 is 10.6 Å². The van der Waals surface area contributed by atoms with Crippen LogP contribution in [0.15, 0.2) is 53.4 Å². The zero-order valence-electron chi connectivity index (χ0n) is 17.8. The molecule has 6 nitrogen and oxygen atoms in total. The number of carbonyl (C=O) groups is 1. The van der Waals surface area contributed by atoms with Crippen LogP contribution in [0.25, 0.3) is 0 Å². The minimum Gasteiger partial charge on any atom is -0.351 e. The molecule has 0 aliphatic carbocycles. The van der Waals surface area contributed by atoms with Crippen LogP contribution in [-0.2, 0) is 27.5 Å². The lowest BCUT2D eigenvalue weighted by Crippen LogP contribution is -2.59. The third kappa shape index (κ3) is 5.48. The molecule has 1 atom stereocenters. The van der Waals surface area contributed by atoms with Gasteiger partial charge in [0.05, 0.1) is 10.5 Å². The zero-order chi connectivity index (χ0) is 23.5. The molecule has 1 unspecified atom stereocenters. The third-order valence-corrected chi connectivity index (χ3v) is 7.32. The number of hydrogen-bond donors (Lipinski definition) is 2. The third-order valence-electron chi connectivity index (χ3n) is 5.40. The normalized spacial score (nSPS) is 18.0. The number of nitrogens with zero attached hydrogens (tertiary/aromatic N) is 1. The summed E-state index contributed by atoms with van der Waals surface area (Å²) in [7, 11) is -3.90. The van der Waals surface area contributed by atoms with Crippen molar-refractivity contribution in [3.8, 4) is 0 Å². The first-order valence-corrected chi connectivity index (χ1v) is 11.7. The Labute approximate surface area is 185 Å². The van der Waals surface area contributed by atoms with Gasteiger partial charge in [0, 0.05) is 26.2 Å². The van der Waals surface area contributed by atoms with Crippen LogP contribution in [0.4, 0.5) is 13.2 Å². The van der Waals surface area contributed by atoms with Gasteiger partial charge in [-0.15, -0.1) is 0 Å². The molecule has 2 aromatic rings. The number of piperazine rings is 1. The number of carbonyl (C=O) groups excluding carboxylic acids is 1. The number of hydrogen-bond acceptors (Lipinski definition) is 4. The molecular formula is C22H26F3N3O3S. The van der Waals surface area contributed by atoms with Gasteiger partial charge in [0.1, 0.15) is 6.04 Å². The Bertz CT molecular complexity index is 1040. The molecule has 0 aromatic heterocycles. The van der Waals surface area contributed by atoms with Gasteiger partial charge >= 0.3 is 6.18 Å². The van der Waals surface area contributed by atoms with Crippen LogP contribution in [0.2, 0.25) is 0 Å². The fourth-order valence-electron chi connectivity index (χ4n) is 3.48. The molecule has 1 aliphatic heterocycles. The fraction of sp³-hybridized carbons (Fsp3) is 0.409. The number of rotatable bonds is 6. The number of amides is 1. The highest BCUT2D eigenvalue weighted by Gasteiger charge is 2.37. The van der Waals surface area contributed by atoms with E-state index >= 15 is 0 Å². The molecule has 32 heavy (non-hydrogen) atoms. The zero-order valence-corrected chi connectivity index (χ0v) is 18.6. The Balaban J connectivity index is 1.72. The molecule has 0 radical (unpaired) electrons. The van der Waals surface area contributed by atoms with Crippen LogP contribution in [0.1, 0.15) is 36.5 Å². The summed E-state index contributed by atoms with van der Waals surface area (Å²) in [5, 5.41) is 5.66. The molecule has 2 aromatic carbocycles. The maximum Gasteiger partial charge on any atom is 0.416 e. The number of benzene rings is 2. The van der Waals surface area contributed by atoms with Crippen molar-refractivity contribution in [2.24, 2.45) is 0 Å². The van der Waals surface area contributed by atoms with Gasteiger partial charge in [-0.05, 0) is 41.3 Å². The highest BCUT2D eigenvalue weighted by atomic mass is 32.2. The van der Waals surface area contributed by atoms with Crippen LogP contribution in [-0.4, -0.2) is 44.3 Å². The summed E-state index contributed by atoms with van der Waals surface area (Å²) < 4.78 is 65.7. The van der Waals surface area contributed by atoms with E-state index in [-0.39, 0.29) is 30.4 Å². The molecule has 1 fully saturated rings. The number of sulfonamides is 1. The lowest BCUT2D eigenvalue weighted by molar-refractivity contribution is -0.137. The van der Waals surface area contributed by atoms with Crippen molar-refractivity contribution in [3.63, 3.8) is 0 Å². The van der Waals surface area contributed by atoms with Gasteiger partial charge in [-0.3, -0.25) is 4.79 Å². The first-order chi connectivity index (χ1) is 15.0. The van der Waals surface area contributed by atoms with E-state index in [0.29, 0.717) is 12.1 Å². The second-order valence-corrected chi connectivity index (χ2v) is 9.86. The van der Waals surface area contributed by atoms with Gasteiger partial charge in [-0.1, -0.05) is 38.1 Å². The van der Waals surface area contributed by atoms with Gasteiger partial charge in [0.2, 0.25) is 15.9 Å². The summed E-state index contributed by atoms with van der Waals surface area (Å²) in [5.74, 6) is -0.255. The van der Waals surface area contributed by atoms with Crippen molar-refractivity contribution in [2.75, 3.05) is 19.6 Å². The molecule has 3 rings (SSSR count). The lowest BCUT2D eigenvalue weighted by atomic mass is 10.0. The molecule has 0 saturated carbocycles. The maximum atomic E-state index is 13.2. The minimum absolute atomic E-state index is 0.00948. The quantitative estimate of drug-likeness (QED) is 0.682. The number of nitrogens with one attached hydrogen (secondary N) is 2. The fourth-order valence-corrected chi connectivity index (χ4v) is 5.06. The predicted molar refractivity (Wildman–Crippen MR) is 114 cm³/mol. The van der Waals surface area contributed by atoms with Gasteiger partial charge < -0.3 is 10.6 Å². The molecule has 1 saturated heterocycles. The van der Waals surface area contributed by atoms with E-state index < -0.39 is 33.7 Å². The maximum absolute atomic E-state index is 13.2. The lowest BCUT2D eigenvalue weighted by Gasteiger charge is -2.34. The smallest absolute Gasteiger partial charge is 0.351 e. The van der Waals surface area contributed by atoms with E-state index in [2.05, 4.69) is 10.6 Å². The van der Waals surface area contributed by atoms with Gasteiger partial charge in [-0.2, -0.15) is 17.5 Å². The summed E-state index contributed by atoms with van der Waals surface area (Å²) in [4.78, 5) is 12.9. The second-order valence-electron chi connectivity index (χ2n) is 7.97. The summed E-state index contributed by atoms with van der Waals surface area (Å²) in [6.07, 6.45) is -4.43. The van der Waals surface area contributed by atoms with E-state index in [4.69, 9.17) is 0 Å². The van der Waals surface area contributed by atoms with E-state index in [1.54, 1.807) is 24.3 Å². The highest BCUT2D eigenvalue weighted by Crippen LogP contribution is 2.29. The Morgan fingerprint density at radius 3 is 2.31 bits per heavy atom. The molecule has 10 heteroatoms. The van der Waals surface area contributed by atoms with Gasteiger partial charge in [-0.25, -0.2) is 8.42 Å². The van der Waals surface area contributed by atoms with E-state index in [1.807, 2.05) is 13.8 Å².